The van der Waals surface area contributed by atoms with E-state index in [4.69, 9.17) is 9.52 Å². The number of oxazole rings is 1. The van der Waals surface area contributed by atoms with Crippen molar-refractivity contribution in [3.05, 3.63) is 54.1 Å². The van der Waals surface area contributed by atoms with Crippen molar-refractivity contribution in [1.82, 2.24) is 30.4 Å². The minimum Gasteiger partial charge on any atom is -0.441 e. The molecule has 5 rings (SSSR count). The number of nitrogens with one attached hydrogen (secondary N) is 3. The van der Waals surface area contributed by atoms with E-state index < -0.39 is 36.8 Å². The number of amides is 3. The van der Waals surface area contributed by atoms with Crippen LogP contribution in [0.3, 0.4) is 0 Å². The number of aryl methyl sites for hydroxylation is 1. The van der Waals surface area contributed by atoms with Gasteiger partial charge < -0.3 is 25.1 Å². The number of aliphatic hydroxyl groups is 1. The third-order valence-electron chi connectivity index (χ3n) is 6.39. The second kappa shape index (κ2) is 9.42. The van der Waals surface area contributed by atoms with Crippen LogP contribution in [0.5, 0.6) is 0 Å². The molecule has 3 aliphatic heterocycles. The van der Waals surface area contributed by atoms with Crippen LogP contribution in [0.2, 0.25) is 0 Å². The summed E-state index contributed by atoms with van der Waals surface area (Å²) in [6.45, 7) is 1.67. The van der Waals surface area contributed by atoms with Gasteiger partial charge in [-0.15, -0.1) is 0 Å². The summed E-state index contributed by atoms with van der Waals surface area (Å²) in [5.41, 5.74) is 1.32. The molecule has 4 N–H and O–H groups in total. The highest BCUT2D eigenvalue weighted by Gasteiger charge is 2.44. The number of carbonyl (C=O) groups excluding carboxylic acids is 2. The third-order valence-corrected chi connectivity index (χ3v) is 6.39. The van der Waals surface area contributed by atoms with Gasteiger partial charge in [0.1, 0.15) is 23.7 Å². The monoisotopic (exact) mass is 519 g/mol. The normalized spacial score (nSPS) is 21.4. The first kappa shape index (κ1) is 24.6. The molecule has 3 aliphatic rings. The standard InChI is InChI=1S/C23H24F3N7O4/c1-12-28-9-17(37-12)13-4-6-27-19(8-13)31-22(36)33-14-5-7-32(10-14)16-3-2-15(29-20(16)33)21(35)30-18(11-34)23(24,25)26/h2-4,6,8-9,14-15,18,29,34H,5,7,10-11H2,1H3,(H,30,35)(H,27,31,36)/t14-,15?,18+/m0/s1. The molecule has 1 saturated heterocycles. The van der Waals surface area contributed by atoms with Crippen molar-refractivity contribution in [3.8, 4) is 11.3 Å². The molecule has 0 aliphatic carbocycles. The van der Waals surface area contributed by atoms with Gasteiger partial charge in [-0.1, -0.05) is 6.08 Å². The summed E-state index contributed by atoms with van der Waals surface area (Å²) in [6.07, 6.45) is 1.98. The Morgan fingerprint density at radius 2 is 2.16 bits per heavy atom. The van der Waals surface area contributed by atoms with Gasteiger partial charge in [0.2, 0.25) is 5.91 Å². The summed E-state index contributed by atoms with van der Waals surface area (Å²) in [7, 11) is 0. The van der Waals surface area contributed by atoms with Crippen molar-refractivity contribution in [2.75, 3.05) is 25.0 Å². The number of aliphatic hydroxyl groups excluding tert-OH is 1. The number of rotatable bonds is 5. The SMILES string of the molecule is Cc1ncc(-c2ccnc(NC(=O)N3C4=C(C=CC(C(=O)N[C@H](CO)C(F)(F)F)N4)N4CC[C@H]3C4)c2)o1. The number of halogens is 3. The summed E-state index contributed by atoms with van der Waals surface area (Å²) >= 11 is 0. The number of fused-ring (bicyclic) bond motifs is 3. The molecule has 5 heterocycles. The molecule has 2 bridgehead atoms. The largest absolute Gasteiger partial charge is 0.441 e. The van der Waals surface area contributed by atoms with Gasteiger partial charge in [0.15, 0.2) is 11.7 Å². The Kier molecular flexibility index (Phi) is 6.27. The number of allylic oxidation sites excluding steroid dienone is 1. The molecule has 11 nitrogen and oxygen atoms in total. The van der Waals surface area contributed by atoms with Crippen LogP contribution in [0.1, 0.15) is 12.3 Å². The second-order valence-corrected chi connectivity index (χ2v) is 8.86. The number of urea groups is 1. The molecule has 37 heavy (non-hydrogen) atoms. The number of aromatic nitrogens is 2. The minimum atomic E-state index is -4.80. The molecule has 3 atom stereocenters. The fourth-order valence-electron chi connectivity index (χ4n) is 4.57. The minimum absolute atomic E-state index is 0.220. The topological polar surface area (TPSA) is 136 Å². The average molecular weight is 519 g/mol. The van der Waals surface area contributed by atoms with Crippen LogP contribution >= 0.6 is 0 Å². The lowest BCUT2D eigenvalue weighted by atomic mass is 10.1. The maximum atomic E-state index is 13.4. The molecule has 3 amide bonds. The molecule has 0 saturated carbocycles. The van der Waals surface area contributed by atoms with Crippen molar-refractivity contribution in [3.63, 3.8) is 0 Å². The lowest BCUT2D eigenvalue weighted by Crippen LogP contribution is -2.58. The molecule has 0 radical (unpaired) electrons. The number of nitrogens with zero attached hydrogens (tertiary/aromatic N) is 4. The molecule has 0 spiro atoms. The number of dihydropyridines is 1. The van der Waals surface area contributed by atoms with E-state index in [1.54, 1.807) is 31.3 Å². The Bertz CT molecular complexity index is 1280. The van der Waals surface area contributed by atoms with E-state index in [0.29, 0.717) is 48.2 Å². The van der Waals surface area contributed by atoms with Crippen LogP contribution in [0.25, 0.3) is 11.3 Å². The predicted molar refractivity (Wildman–Crippen MR) is 123 cm³/mol. The van der Waals surface area contributed by atoms with Gasteiger partial charge in [0.25, 0.3) is 0 Å². The number of pyridine rings is 1. The molecule has 14 heteroatoms. The van der Waals surface area contributed by atoms with Crippen LogP contribution in [0.4, 0.5) is 23.8 Å². The van der Waals surface area contributed by atoms with Crippen molar-refractivity contribution in [1.29, 1.82) is 0 Å². The Balaban J connectivity index is 1.35. The van der Waals surface area contributed by atoms with E-state index in [9.17, 15) is 22.8 Å². The average Bonchev–Trinajstić information content (AvgIpc) is 3.48. The Hall–Kier alpha value is -4.07. The summed E-state index contributed by atoms with van der Waals surface area (Å²) in [6, 6.07) is -0.967. The summed E-state index contributed by atoms with van der Waals surface area (Å²) in [5, 5.41) is 16.5. The summed E-state index contributed by atoms with van der Waals surface area (Å²) in [4.78, 5) is 37.8. The Morgan fingerprint density at radius 3 is 2.86 bits per heavy atom. The van der Waals surface area contributed by atoms with Crippen molar-refractivity contribution < 1.29 is 32.3 Å². The molecule has 0 aromatic carbocycles. The number of alkyl halides is 3. The zero-order valence-electron chi connectivity index (χ0n) is 19.6. The van der Waals surface area contributed by atoms with E-state index in [2.05, 4.69) is 20.6 Å². The van der Waals surface area contributed by atoms with Crippen LogP contribution in [-0.4, -0.2) is 80.8 Å². The lowest BCUT2D eigenvalue weighted by molar-refractivity contribution is -0.168. The van der Waals surface area contributed by atoms with Crippen molar-refractivity contribution in [2.45, 2.75) is 37.6 Å². The first-order valence-corrected chi connectivity index (χ1v) is 11.5. The van der Waals surface area contributed by atoms with E-state index in [-0.39, 0.29) is 11.9 Å². The molecule has 1 unspecified atom stereocenters. The Labute approximate surface area is 209 Å². The van der Waals surface area contributed by atoms with Gasteiger partial charge in [-0.2, -0.15) is 13.2 Å². The molecule has 196 valence electrons. The Morgan fingerprint density at radius 1 is 1.35 bits per heavy atom. The summed E-state index contributed by atoms with van der Waals surface area (Å²) in [5.74, 6) is 0.590. The lowest BCUT2D eigenvalue weighted by Gasteiger charge is -2.41. The molecular formula is C23H24F3N7O4. The van der Waals surface area contributed by atoms with Gasteiger partial charge in [-0.05, 0) is 24.6 Å². The van der Waals surface area contributed by atoms with Crippen LogP contribution in [-0.2, 0) is 4.79 Å². The fourth-order valence-corrected chi connectivity index (χ4v) is 4.57. The maximum Gasteiger partial charge on any atom is 0.410 e. The molecule has 2 aromatic rings. The smallest absolute Gasteiger partial charge is 0.410 e. The van der Waals surface area contributed by atoms with E-state index >= 15 is 0 Å². The number of hydrogen-bond donors (Lipinski definition) is 4. The van der Waals surface area contributed by atoms with Gasteiger partial charge in [0.05, 0.1) is 24.5 Å². The molecular weight excluding hydrogens is 495 g/mol. The van der Waals surface area contributed by atoms with Crippen molar-refractivity contribution >= 4 is 17.8 Å². The highest BCUT2D eigenvalue weighted by Crippen LogP contribution is 2.34. The van der Waals surface area contributed by atoms with Crippen molar-refractivity contribution in [2.24, 2.45) is 0 Å². The predicted octanol–water partition coefficient (Wildman–Crippen LogP) is 1.70. The highest BCUT2D eigenvalue weighted by atomic mass is 19.4. The van der Waals surface area contributed by atoms with Gasteiger partial charge >= 0.3 is 12.2 Å². The number of carbonyl (C=O) groups is 2. The maximum absolute atomic E-state index is 13.4. The zero-order chi connectivity index (χ0) is 26.3. The van der Waals surface area contributed by atoms with Gasteiger partial charge in [-0.3, -0.25) is 15.0 Å². The van der Waals surface area contributed by atoms with Crippen LogP contribution in [0, 0.1) is 6.92 Å². The van der Waals surface area contributed by atoms with Gasteiger partial charge in [-0.25, -0.2) is 14.8 Å². The first-order chi connectivity index (χ1) is 17.6. The van der Waals surface area contributed by atoms with Crippen LogP contribution in [0.15, 0.2) is 52.6 Å². The third kappa shape index (κ3) is 4.83. The second-order valence-electron chi connectivity index (χ2n) is 8.86. The van der Waals surface area contributed by atoms with Gasteiger partial charge in [0, 0.05) is 31.8 Å². The fraction of sp³-hybridized carbons (Fsp3) is 0.391. The van der Waals surface area contributed by atoms with E-state index in [0.717, 1.165) is 0 Å². The molecule has 2 aromatic heterocycles. The molecule has 1 fully saturated rings. The number of anilines is 1. The quantitative estimate of drug-likeness (QED) is 0.469. The van der Waals surface area contributed by atoms with Crippen LogP contribution < -0.4 is 16.0 Å². The summed E-state index contributed by atoms with van der Waals surface area (Å²) < 4.78 is 44.6. The number of hydrogen-bond acceptors (Lipinski definition) is 8. The highest BCUT2D eigenvalue weighted by molar-refractivity contribution is 5.91. The van der Waals surface area contributed by atoms with E-state index in [1.807, 2.05) is 10.2 Å². The first-order valence-electron chi connectivity index (χ1n) is 11.5. The van der Waals surface area contributed by atoms with E-state index in [1.165, 1.54) is 17.2 Å². The zero-order valence-corrected chi connectivity index (χ0v) is 19.6.